The third-order valence-corrected chi connectivity index (χ3v) is 3.67. The van der Waals surface area contributed by atoms with Gasteiger partial charge in [-0.3, -0.25) is 0 Å². The Balaban J connectivity index is 3.43. The molecule has 1 N–H and O–H groups in total. The second-order valence-corrected chi connectivity index (χ2v) is 6.34. The summed E-state index contributed by atoms with van der Waals surface area (Å²) in [6, 6.07) is 4.44. The summed E-state index contributed by atoms with van der Waals surface area (Å²) in [6.45, 7) is 11.2. The highest BCUT2D eigenvalue weighted by atomic mass is 16.5. The number of hydrogen-bond donors (Lipinski definition) is 1. The van der Waals surface area contributed by atoms with Crippen molar-refractivity contribution in [1.82, 2.24) is 0 Å². The molecule has 0 heterocycles. The van der Waals surface area contributed by atoms with E-state index in [0.29, 0.717) is 5.92 Å². The quantitative estimate of drug-likeness (QED) is 0.812. The first kappa shape index (κ1) is 15.9. The Hall–Kier alpha value is -1.18. The normalized spacial score (nSPS) is 13.2. The van der Waals surface area contributed by atoms with Crippen LogP contribution in [0.25, 0.3) is 0 Å². The number of nitrogens with one attached hydrogen (secondary N) is 1. The summed E-state index contributed by atoms with van der Waals surface area (Å²) in [6.07, 6.45) is 2.38. The van der Waals surface area contributed by atoms with Crippen molar-refractivity contribution in [2.45, 2.75) is 58.8 Å². The summed E-state index contributed by atoms with van der Waals surface area (Å²) in [7, 11) is 3.76. The molecular weight excluding hydrogens is 234 g/mol. The number of benzene rings is 1. The molecule has 2 nitrogen and oxygen atoms in total. The average molecular weight is 263 g/mol. The molecule has 1 atom stereocenters. The lowest BCUT2D eigenvalue weighted by Crippen LogP contribution is -2.15. The molecule has 0 aliphatic heterocycles. The molecule has 0 bridgehead atoms. The Morgan fingerprint density at radius 1 is 1.26 bits per heavy atom. The maximum atomic E-state index is 5.74. The monoisotopic (exact) mass is 263 g/mol. The Morgan fingerprint density at radius 3 is 2.32 bits per heavy atom. The average Bonchev–Trinajstić information content (AvgIpc) is 2.36. The fraction of sp³-hybridized carbons (Fsp3) is 0.647. The fourth-order valence-electron chi connectivity index (χ4n) is 2.54. The van der Waals surface area contributed by atoms with Crippen molar-refractivity contribution in [3.05, 3.63) is 23.3 Å². The zero-order chi connectivity index (χ0) is 14.6. The summed E-state index contributed by atoms with van der Waals surface area (Å²) < 4.78 is 5.74. The van der Waals surface area contributed by atoms with Crippen molar-refractivity contribution < 1.29 is 4.74 Å². The number of anilines is 1. The van der Waals surface area contributed by atoms with E-state index in [0.717, 1.165) is 5.75 Å². The first-order valence-electron chi connectivity index (χ1n) is 7.25. The van der Waals surface area contributed by atoms with Crippen LogP contribution >= 0.6 is 0 Å². The Bertz CT molecular complexity index is 418. The van der Waals surface area contributed by atoms with Gasteiger partial charge in [0.25, 0.3) is 0 Å². The van der Waals surface area contributed by atoms with Crippen LogP contribution in [-0.2, 0) is 5.41 Å². The van der Waals surface area contributed by atoms with Crippen LogP contribution in [-0.4, -0.2) is 14.2 Å². The van der Waals surface area contributed by atoms with E-state index in [-0.39, 0.29) is 5.41 Å². The van der Waals surface area contributed by atoms with Gasteiger partial charge in [0.2, 0.25) is 0 Å². The van der Waals surface area contributed by atoms with Gasteiger partial charge >= 0.3 is 0 Å². The highest BCUT2D eigenvalue weighted by Crippen LogP contribution is 2.40. The first-order valence-corrected chi connectivity index (χ1v) is 7.25. The van der Waals surface area contributed by atoms with Gasteiger partial charge in [0.05, 0.1) is 7.11 Å². The van der Waals surface area contributed by atoms with Crippen LogP contribution in [0.1, 0.15) is 64.5 Å². The van der Waals surface area contributed by atoms with E-state index in [2.05, 4.69) is 52.1 Å². The highest BCUT2D eigenvalue weighted by molar-refractivity contribution is 5.58. The molecule has 2 heteroatoms. The summed E-state index contributed by atoms with van der Waals surface area (Å²) in [5.74, 6) is 1.58. The Labute approximate surface area is 118 Å². The van der Waals surface area contributed by atoms with Crippen LogP contribution in [0.5, 0.6) is 5.75 Å². The molecule has 0 aliphatic carbocycles. The van der Waals surface area contributed by atoms with Gasteiger partial charge in [-0.1, -0.05) is 41.0 Å². The van der Waals surface area contributed by atoms with E-state index in [9.17, 15) is 0 Å². The molecule has 108 valence electrons. The molecule has 19 heavy (non-hydrogen) atoms. The minimum Gasteiger partial charge on any atom is -0.496 e. The van der Waals surface area contributed by atoms with E-state index in [1.165, 1.54) is 29.7 Å². The van der Waals surface area contributed by atoms with Crippen molar-refractivity contribution in [2.75, 3.05) is 19.5 Å². The second-order valence-electron chi connectivity index (χ2n) is 6.34. The Morgan fingerprint density at radius 2 is 1.89 bits per heavy atom. The third-order valence-electron chi connectivity index (χ3n) is 3.67. The summed E-state index contributed by atoms with van der Waals surface area (Å²) in [4.78, 5) is 0. The number of methoxy groups -OCH3 is 1. The molecule has 1 aromatic rings. The van der Waals surface area contributed by atoms with Gasteiger partial charge in [0.15, 0.2) is 0 Å². The molecule has 0 spiro atoms. The van der Waals surface area contributed by atoms with Gasteiger partial charge in [-0.05, 0) is 35.4 Å². The molecule has 0 amide bonds. The standard InChI is InChI=1S/C17H29NO/c1-8-9-12(2)14-10-13(18-6)11-15(16(14)19-7)17(3,4)5/h10-12,18H,8-9H2,1-7H3. The van der Waals surface area contributed by atoms with E-state index in [1.54, 1.807) is 7.11 Å². The molecule has 0 aromatic heterocycles. The van der Waals surface area contributed by atoms with Crippen LogP contribution < -0.4 is 10.1 Å². The molecule has 0 fully saturated rings. The molecule has 1 unspecified atom stereocenters. The van der Waals surface area contributed by atoms with E-state index in [1.807, 2.05) is 7.05 Å². The lowest BCUT2D eigenvalue weighted by Gasteiger charge is -2.27. The largest absolute Gasteiger partial charge is 0.496 e. The number of hydrogen-bond acceptors (Lipinski definition) is 2. The topological polar surface area (TPSA) is 21.3 Å². The van der Waals surface area contributed by atoms with Crippen molar-refractivity contribution in [3.8, 4) is 5.75 Å². The SMILES string of the molecule is CCCC(C)c1cc(NC)cc(C(C)(C)C)c1OC. The first-order chi connectivity index (χ1) is 8.85. The zero-order valence-corrected chi connectivity index (χ0v) is 13.6. The zero-order valence-electron chi connectivity index (χ0n) is 13.6. The molecule has 1 aromatic carbocycles. The van der Waals surface area contributed by atoms with Gasteiger partial charge in [-0.2, -0.15) is 0 Å². The van der Waals surface area contributed by atoms with E-state index in [4.69, 9.17) is 4.74 Å². The third kappa shape index (κ3) is 3.65. The van der Waals surface area contributed by atoms with Crippen LogP contribution in [0.3, 0.4) is 0 Å². The predicted octanol–water partition coefficient (Wildman–Crippen LogP) is 4.94. The molecular formula is C17H29NO. The molecule has 0 saturated heterocycles. The van der Waals surface area contributed by atoms with Crippen LogP contribution in [0, 0.1) is 0 Å². The van der Waals surface area contributed by atoms with Crippen molar-refractivity contribution in [1.29, 1.82) is 0 Å². The van der Waals surface area contributed by atoms with Gasteiger partial charge in [-0.15, -0.1) is 0 Å². The minimum absolute atomic E-state index is 0.0822. The minimum atomic E-state index is 0.0822. The van der Waals surface area contributed by atoms with Gasteiger partial charge < -0.3 is 10.1 Å². The van der Waals surface area contributed by atoms with Crippen molar-refractivity contribution in [3.63, 3.8) is 0 Å². The van der Waals surface area contributed by atoms with E-state index >= 15 is 0 Å². The smallest absolute Gasteiger partial charge is 0.126 e. The molecule has 1 rings (SSSR count). The van der Waals surface area contributed by atoms with Crippen LogP contribution in [0.4, 0.5) is 5.69 Å². The second kappa shape index (κ2) is 6.31. The lowest BCUT2D eigenvalue weighted by atomic mass is 9.82. The van der Waals surface area contributed by atoms with Crippen molar-refractivity contribution >= 4 is 5.69 Å². The van der Waals surface area contributed by atoms with Crippen molar-refractivity contribution in [2.24, 2.45) is 0 Å². The van der Waals surface area contributed by atoms with Crippen LogP contribution in [0.2, 0.25) is 0 Å². The molecule has 0 aliphatic rings. The van der Waals surface area contributed by atoms with Gasteiger partial charge in [0, 0.05) is 18.3 Å². The maximum absolute atomic E-state index is 5.74. The van der Waals surface area contributed by atoms with Gasteiger partial charge in [-0.25, -0.2) is 0 Å². The predicted molar refractivity (Wildman–Crippen MR) is 84.6 cm³/mol. The summed E-state index contributed by atoms with van der Waals surface area (Å²) in [5, 5.41) is 3.27. The van der Waals surface area contributed by atoms with Crippen LogP contribution in [0.15, 0.2) is 12.1 Å². The summed E-state index contributed by atoms with van der Waals surface area (Å²) >= 11 is 0. The van der Waals surface area contributed by atoms with Gasteiger partial charge in [0.1, 0.15) is 5.75 Å². The van der Waals surface area contributed by atoms with E-state index < -0.39 is 0 Å². The number of ether oxygens (including phenoxy) is 1. The lowest BCUT2D eigenvalue weighted by molar-refractivity contribution is 0.388. The highest BCUT2D eigenvalue weighted by Gasteiger charge is 2.24. The molecule has 0 radical (unpaired) electrons. The molecule has 0 saturated carbocycles. The Kier molecular flexibility index (Phi) is 5.28. The maximum Gasteiger partial charge on any atom is 0.126 e. The fourth-order valence-corrected chi connectivity index (χ4v) is 2.54. The number of rotatable bonds is 5. The summed E-state index contributed by atoms with van der Waals surface area (Å²) in [5.41, 5.74) is 3.85.